The van der Waals surface area contributed by atoms with Crippen LogP contribution >= 0.6 is 0 Å². The molecular weight excluding hydrogens is 305 g/mol. The lowest BCUT2D eigenvalue weighted by Crippen LogP contribution is -2.50. The van der Waals surface area contributed by atoms with Gasteiger partial charge in [-0.05, 0) is 18.9 Å². The molecule has 1 fully saturated rings. The molecule has 9 heteroatoms. The Kier molecular flexibility index (Phi) is 4.65. The Balaban J connectivity index is 2.48. The first-order valence-electron chi connectivity index (χ1n) is 6.48. The van der Waals surface area contributed by atoms with Crippen molar-refractivity contribution in [1.29, 1.82) is 0 Å². The van der Waals surface area contributed by atoms with Crippen molar-refractivity contribution < 1.29 is 32.6 Å². The smallest absolute Gasteiger partial charge is 0.471 e. The van der Waals surface area contributed by atoms with Gasteiger partial charge in [-0.1, -0.05) is 0 Å². The van der Waals surface area contributed by atoms with Crippen molar-refractivity contribution >= 4 is 17.6 Å². The first kappa shape index (κ1) is 16.2. The van der Waals surface area contributed by atoms with Gasteiger partial charge in [0, 0.05) is 25.5 Å². The van der Waals surface area contributed by atoms with Crippen LogP contribution in [0.15, 0.2) is 18.5 Å². The van der Waals surface area contributed by atoms with Crippen LogP contribution in [0, 0.1) is 0 Å². The van der Waals surface area contributed by atoms with Crippen LogP contribution in [-0.2, 0) is 9.53 Å². The van der Waals surface area contributed by atoms with Crippen LogP contribution in [0.2, 0.25) is 0 Å². The Morgan fingerprint density at radius 1 is 1.32 bits per heavy atom. The number of carbonyl (C=O) groups is 2. The second kappa shape index (κ2) is 6.30. The highest BCUT2D eigenvalue weighted by Crippen LogP contribution is 2.30. The van der Waals surface area contributed by atoms with E-state index in [1.807, 2.05) is 0 Å². The quantitative estimate of drug-likeness (QED) is 0.920. The lowest BCUT2D eigenvalue weighted by Gasteiger charge is -2.35. The van der Waals surface area contributed by atoms with Crippen molar-refractivity contribution in [2.75, 3.05) is 18.1 Å². The van der Waals surface area contributed by atoms with E-state index in [9.17, 15) is 22.8 Å². The summed E-state index contributed by atoms with van der Waals surface area (Å²) in [4.78, 5) is 27.1. The summed E-state index contributed by atoms with van der Waals surface area (Å²) >= 11 is 0. The summed E-state index contributed by atoms with van der Waals surface area (Å²) in [5, 5.41) is 9.13. The highest BCUT2D eigenvalue weighted by Gasteiger charge is 2.46. The molecule has 0 spiro atoms. The maximum Gasteiger partial charge on any atom is 0.471 e. The van der Waals surface area contributed by atoms with E-state index in [1.54, 1.807) is 0 Å². The molecule has 0 radical (unpaired) electrons. The van der Waals surface area contributed by atoms with Crippen molar-refractivity contribution in [3.05, 3.63) is 24.0 Å². The van der Waals surface area contributed by atoms with Gasteiger partial charge in [-0.25, -0.2) is 4.79 Å². The summed E-state index contributed by atoms with van der Waals surface area (Å²) in [5.74, 6) is -3.53. The van der Waals surface area contributed by atoms with Crippen molar-refractivity contribution in [2.24, 2.45) is 0 Å². The highest BCUT2D eigenvalue weighted by molar-refractivity contribution is 6.03. The van der Waals surface area contributed by atoms with Crippen molar-refractivity contribution in [3.8, 4) is 0 Å². The van der Waals surface area contributed by atoms with Gasteiger partial charge in [0.25, 0.3) is 0 Å². The number of carbonyl (C=O) groups excluding carboxylic acids is 1. The SMILES string of the molecule is O=C(O)c1ccncc1N(C(=O)C(F)(F)F)C1CCOCC1. The molecular formula is C13H13F3N2O4. The van der Waals surface area contributed by atoms with E-state index in [0.717, 1.165) is 18.5 Å². The zero-order valence-corrected chi connectivity index (χ0v) is 11.3. The van der Waals surface area contributed by atoms with E-state index in [1.165, 1.54) is 0 Å². The van der Waals surface area contributed by atoms with Gasteiger partial charge < -0.3 is 9.84 Å². The summed E-state index contributed by atoms with van der Waals surface area (Å²) < 4.78 is 43.7. The number of pyridine rings is 1. The number of aromatic carboxylic acids is 1. The van der Waals surface area contributed by atoms with Crippen LogP contribution in [0.25, 0.3) is 0 Å². The average Bonchev–Trinajstić information content (AvgIpc) is 2.48. The molecule has 0 unspecified atom stereocenters. The Bertz CT molecular complexity index is 571. The number of carboxylic acids is 1. The summed E-state index contributed by atoms with van der Waals surface area (Å²) in [6.45, 7) is 0.407. The predicted octanol–water partition coefficient (Wildman–Crippen LogP) is 1.85. The first-order valence-corrected chi connectivity index (χ1v) is 6.48. The number of rotatable bonds is 3. The van der Waals surface area contributed by atoms with Crippen LogP contribution in [0.1, 0.15) is 23.2 Å². The van der Waals surface area contributed by atoms with E-state index in [2.05, 4.69) is 4.98 Å². The molecule has 0 aliphatic carbocycles. The van der Waals surface area contributed by atoms with Gasteiger partial charge in [0.15, 0.2) is 0 Å². The first-order chi connectivity index (χ1) is 10.3. The number of anilines is 1. The monoisotopic (exact) mass is 318 g/mol. The number of halogens is 3. The fourth-order valence-corrected chi connectivity index (χ4v) is 2.31. The van der Waals surface area contributed by atoms with Gasteiger partial charge in [-0.3, -0.25) is 14.7 Å². The number of ether oxygens (including phenoxy) is 1. The molecule has 1 N–H and O–H groups in total. The Hall–Kier alpha value is -2.16. The maximum atomic E-state index is 12.9. The normalized spacial score (nSPS) is 16.3. The zero-order valence-electron chi connectivity index (χ0n) is 11.3. The Morgan fingerprint density at radius 2 is 1.95 bits per heavy atom. The van der Waals surface area contributed by atoms with Gasteiger partial charge in [-0.15, -0.1) is 0 Å². The van der Waals surface area contributed by atoms with Crippen LogP contribution in [0.5, 0.6) is 0 Å². The average molecular weight is 318 g/mol. The molecule has 0 aromatic carbocycles. The molecule has 1 aliphatic rings. The fraction of sp³-hybridized carbons (Fsp3) is 0.462. The van der Waals surface area contributed by atoms with Gasteiger partial charge in [-0.2, -0.15) is 13.2 Å². The highest BCUT2D eigenvalue weighted by atomic mass is 19.4. The van der Waals surface area contributed by atoms with E-state index in [4.69, 9.17) is 9.84 Å². The molecule has 6 nitrogen and oxygen atoms in total. The van der Waals surface area contributed by atoms with Gasteiger partial charge >= 0.3 is 18.1 Å². The molecule has 22 heavy (non-hydrogen) atoms. The van der Waals surface area contributed by atoms with Crippen molar-refractivity contribution in [3.63, 3.8) is 0 Å². The van der Waals surface area contributed by atoms with E-state index >= 15 is 0 Å². The van der Waals surface area contributed by atoms with Crippen LogP contribution < -0.4 is 4.90 Å². The number of alkyl halides is 3. The Labute approximate surface area is 123 Å². The molecule has 2 heterocycles. The molecule has 0 saturated carbocycles. The molecule has 120 valence electrons. The van der Waals surface area contributed by atoms with Crippen LogP contribution in [0.3, 0.4) is 0 Å². The minimum Gasteiger partial charge on any atom is -0.478 e. The van der Waals surface area contributed by atoms with Crippen LogP contribution in [0.4, 0.5) is 18.9 Å². The summed E-state index contributed by atoms with van der Waals surface area (Å²) in [6.07, 6.45) is -2.62. The van der Waals surface area contributed by atoms with Gasteiger partial charge in [0.1, 0.15) is 0 Å². The molecule has 0 atom stereocenters. The molecule has 1 aliphatic heterocycles. The third-order valence-corrected chi connectivity index (χ3v) is 3.31. The lowest BCUT2D eigenvalue weighted by molar-refractivity contribution is -0.171. The third-order valence-electron chi connectivity index (χ3n) is 3.31. The van der Waals surface area contributed by atoms with E-state index < -0.39 is 29.7 Å². The number of hydrogen-bond acceptors (Lipinski definition) is 4. The summed E-state index contributed by atoms with van der Waals surface area (Å²) in [5.41, 5.74) is -0.761. The predicted molar refractivity (Wildman–Crippen MR) is 68.6 cm³/mol. The number of aromatic nitrogens is 1. The second-order valence-corrected chi connectivity index (χ2v) is 4.71. The lowest BCUT2D eigenvalue weighted by atomic mass is 10.0. The number of nitrogens with zero attached hydrogens (tertiary/aromatic N) is 2. The molecule has 1 aromatic heterocycles. The van der Waals surface area contributed by atoms with Crippen molar-refractivity contribution in [2.45, 2.75) is 25.1 Å². The van der Waals surface area contributed by atoms with Gasteiger partial charge in [0.2, 0.25) is 0 Å². The third kappa shape index (κ3) is 3.35. The molecule has 1 amide bonds. The second-order valence-electron chi connectivity index (χ2n) is 4.71. The molecule has 1 saturated heterocycles. The van der Waals surface area contributed by atoms with Gasteiger partial charge in [0.05, 0.1) is 17.4 Å². The maximum absolute atomic E-state index is 12.9. The standard InChI is InChI=1S/C13H13F3N2O4/c14-13(15,16)12(21)18(8-2-5-22-6-3-8)10-7-17-4-1-9(10)11(19)20/h1,4,7-8H,2-3,5-6H2,(H,19,20). The fourth-order valence-electron chi connectivity index (χ4n) is 2.31. The molecule has 1 aromatic rings. The molecule has 0 bridgehead atoms. The molecule has 2 rings (SSSR count). The van der Waals surface area contributed by atoms with Crippen LogP contribution in [-0.4, -0.2) is 47.4 Å². The zero-order chi connectivity index (χ0) is 16.3. The largest absolute Gasteiger partial charge is 0.478 e. The summed E-state index contributed by atoms with van der Waals surface area (Å²) in [6, 6.07) is 0.276. The van der Waals surface area contributed by atoms with Crippen molar-refractivity contribution in [1.82, 2.24) is 4.98 Å². The van der Waals surface area contributed by atoms with E-state index in [-0.39, 0.29) is 31.7 Å². The summed E-state index contributed by atoms with van der Waals surface area (Å²) in [7, 11) is 0. The number of amides is 1. The topological polar surface area (TPSA) is 79.7 Å². The van der Waals surface area contributed by atoms with E-state index in [0.29, 0.717) is 4.90 Å². The Morgan fingerprint density at radius 3 is 2.50 bits per heavy atom. The number of hydrogen-bond donors (Lipinski definition) is 1. The number of carboxylic acid groups (broad SMARTS) is 1. The minimum atomic E-state index is -5.11. The minimum absolute atomic E-state index is 0.190.